The van der Waals surface area contributed by atoms with E-state index in [1.54, 1.807) is 0 Å². The van der Waals surface area contributed by atoms with Crippen LogP contribution in [0.4, 0.5) is 0 Å². The van der Waals surface area contributed by atoms with Gasteiger partial charge < -0.3 is 21.5 Å². The molecule has 0 atom stereocenters. The van der Waals surface area contributed by atoms with E-state index >= 15 is 0 Å². The van der Waals surface area contributed by atoms with Crippen LogP contribution >= 0.6 is 0 Å². The van der Waals surface area contributed by atoms with Gasteiger partial charge in [0.25, 0.3) is 0 Å². The molecule has 0 fully saturated rings. The number of nitrogens with zero attached hydrogens (tertiary/aromatic N) is 1. The highest BCUT2D eigenvalue weighted by Crippen LogP contribution is 2.12. The molecule has 1 rings (SSSR count). The molecule has 2 heteroatoms. The van der Waals surface area contributed by atoms with Crippen molar-refractivity contribution in [1.29, 1.82) is 0 Å². The summed E-state index contributed by atoms with van der Waals surface area (Å²) in [5, 5.41) is 0. The monoisotopic (exact) mass is 341 g/mol. The molecule has 0 aromatic heterocycles. The molecule has 0 N–H and O–H groups in total. The van der Waals surface area contributed by atoms with Crippen LogP contribution in [0.1, 0.15) is 56.6 Å². The summed E-state index contributed by atoms with van der Waals surface area (Å²) in [6.07, 6.45) is 9.55. The molecule has 0 radical (unpaired) electrons. The number of aryl methyl sites for hydroxylation is 1. The number of quaternary nitrogens is 1. The van der Waals surface area contributed by atoms with Crippen LogP contribution in [0.5, 0.6) is 0 Å². The third-order valence-corrected chi connectivity index (χ3v) is 3.50. The van der Waals surface area contributed by atoms with E-state index in [1.807, 2.05) is 0 Å². The highest BCUT2D eigenvalue weighted by Gasteiger charge is 2.07. The molecule has 1 aromatic carbocycles. The van der Waals surface area contributed by atoms with Crippen molar-refractivity contribution in [2.75, 3.05) is 21.1 Å². The number of hydrogen-bond donors (Lipinski definition) is 0. The zero-order chi connectivity index (χ0) is 14.1. The van der Waals surface area contributed by atoms with Gasteiger partial charge in [-0.05, 0) is 18.4 Å². The minimum atomic E-state index is 0. The molecule has 20 heavy (non-hydrogen) atoms. The normalized spacial score (nSPS) is 11.2. The second-order valence-electron chi connectivity index (χ2n) is 6.78. The molecule has 0 amide bonds. The Balaban J connectivity index is 0.00000361. The van der Waals surface area contributed by atoms with Crippen LogP contribution in [-0.2, 0) is 13.0 Å². The summed E-state index contributed by atoms with van der Waals surface area (Å²) in [7, 11) is 6.72. The summed E-state index contributed by atoms with van der Waals surface area (Å²) in [5.74, 6) is 0. The van der Waals surface area contributed by atoms with E-state index in [0.29, 0.717) is 0 Å². The van der Waals surface area contributed by atoms with Gasteiger partial charge in [-0.3, -0.25) is 0 Å². The molecule has 1 nitrogen and oxygen atoms in total. The topological polar surface area (TPSA) is 0 Å². The van der Waals surface area contributed by atoms with Crippen molar-refractivity contribution >= 4 is 0 Å². The fourth-order valence-corrected chi connectivity index (χ4v) is 2.47. The van der Waals surface area contributed by atoms with Gasteiger partial charge in [0, 0.05) is 5.56 Å². The number of unbranched alkanes of at least 4 members (excludes halogenated alkanes) is 5. The third kappa shape index (κ3) is 9.55. The van der Waals surface area contributed by atoms with Gasteiger partial charge in [-0.25, -0.2) is 0 Å². The molecule has 0 aliphatic heterocycles. The van der Waals surface area contributed by atoms with Gasteiger partial charge in [0.15, 0.2) is 0 Å². The van der Waals surface area contributed by atoms with Gasteiger partial charge in [-0.15, -0.1) is 0 Å². The van der Waals surface area contributed by atoms with Crippen molar-refractivity contribution < 1.29 is 21.5 Å². The Bertz CT molecular complexity index is 337. The lowest BCUT2D eigenvalue weighted by Crippen LogP contribution is -3.00. The highest BCUT2D eigenvalue weighted by molar-refractivity contribution is 5.22. The quantitative estimate of drug-likeness (QED) is 0.474. The molecule has 0 aliphatic rings. The molecular formula is C18H32BrN. The number of halogens is 1. The van der Waals surface area contributed by atoms with Crippen LogP contribution in [0.2, 0.25) is 0 Å². The van der Waals surface area contributed by atoms with Crippen LogP contribution in [0, 0.1) is 0 Å². The van der Waals surface area contributed by atoms with Crippen molar-refractivity contribution in [2.45, 2.75) is 58.4 Å². The second kappa shape index (κ2) is 10.4. The molecule has 0 bridgehead atoms. The molecule has 0 unspecified atom stereocenters. The lowest BCUT2D eigenvalue weighted by atomic mass is 10.0. The predicted octanol–water partition coefficient (Wildman–Crippen LogP) is 1.80. The standard InChI is InChI=1S/C18H32N.BrH/c1-5-6-7-8-9-10-11-17-12-14-18(15-13-17)16-19(2,3)4;/h12-15H,5-11,16H2,1-4H3;1H/q+1;/p-1. The maximum absolute atomic E-state index is 2.32. The fraction of sp³-hybridized carbons (Fsp3) is 0.667. The third-order valence-electron chi connectivity index (χ3n) is 3.50. The van der Waals surface area contributed by atoms with Gasteiger partial charge in [0.05, 0.1) is 21.1 Å². The molecule has 0 aliphatic carbocycles. The number of rotatable bonds is 9. The summed E-state index contributed by atoms with van der Waals surface area (Å²) in [5.41, 5.74) is 2.94. The molecule has 1 aromatic rings. The average molecular weight is 342 g/mol. The second-order valence-corrected chi connectivity index (χ2v) is 6.78. The zero-order valence-electron chi connectivity index (χ0n) is 13.8. The minimum absolute atomic E-state index is 0. The summed E-state index contributed by atoms with van der Waals surface area (Å²) in [4.78, 5) is 0. The first kappa shape index (κ1) is 19.7. The average Bonchev–Trinajstić information content (AvgIpc) is 2.34. The summed E-state index contributed by atoms with van der Waals surface area (Å²) < 4.78 is 0.997. The van der Waals surface area contributed by atoms with Gasteiger partial charge >= 0.3 is 0 Å². The van der Waals surface area contributed by atoms with Crippen molar-refractivity contribution in [3.05, 3.63) is 35.4 Å². The summed E-state index contributed by atoms with van der Waals surface area (Å²) in [6, 6.07) is 9.24. The number of hydrogen-bond acceptors (Lipinski definition) is 0. The maximum atomic E-state index is 2.32. The molecular weight excluding hydrogens is 310 g/mol. The maximum Gasteiger partial charge on any atom is 0.104 e. The summed E-state index contributed by atoms with van der Waals surface area (Å²) in [6.45, 7) is 3.38. The first-order chi connectivity index (χ1) is 9.01. The molecule has 116 valence electrons. The van der Waals surface area contributed by atoms with Crippen molar-refractivity contribution in [1.82, 2.24) is 0 Å². The van der Waals surface area contributed by atoms with E-state index in [1.165, 1.54) is 56.1 Å². The van der Waals surface area contributed by atoms with Crippen LogP contribution in [-0.4, -0.2) is 25.6 Å². The largest absolute Gasteiger partial charge is 1.00 e. The van der Waals surface area contributed by atoms with E-state index in [-0.39, 0.29) is 17.0 Å². The van der Waals surface area contributed by atoms with E-state index < -0.39 is 0 Å². The van der Waals surface area contributed by atoms with Crippen molar-refractivity contribution in [3.63, 3.8) is 0 Å². The van der Waals surface area contributed by atoms with E-state index in [4.69, 9.17) is 0 Å². The Hall–Kier alpha value is -0.340. The Labute approximate surface area is 136 Å². The van der Waals surface area contributed by atoms with Crippen molar-refractivity contribution in [2.24, 2.45) is 0 Å². The minimum Gasteiger partial charge on any atom is -1.00 e. The molecule has 0 saturated heterocycles. The lowest BCUT2D eigenvalue weighted by Gasteiger charge is -2.23. The Morgan fingerprint density at radius 2 is 1.25 bits per heavy atom. The highest BCUT2D eigenvalue weighted by atomic mass is 79.9. The SMILES string of the molecule is CCCCCCCCc1ccc(C[N+](C)(C)C)cc1.[Br-]. The smallest absolute Gasteiger partial charge is 0.104 e. The molecule has 0 spiro atoms. The Morgan fingerprint density at radius 1 is 0.750 bits per heavy atom. The van der Waals surface area contributed by atoms with Gasteiger partial charge in [0.1, 0.15) is 6.54 Å². The van der Waals surface area contributed by atoms with Gasteiger partial charge in [-0.2, -0.15) is 0 Å². The lowest BCUT2D eigenvalue weighted by molar-refractivity contribution is -0.884. The Morgan fingerprint density at radius 3 is 1.80 bits per heavy atom. The Kier molecular flexibility index (Phi) is 10.2. The van der Waals surface area contributed by atoms with Crippen LogP contribution < -0.4 is 17.0 Å². The zero-order valence-corrected chi connectivity index (χ0v) is 15.4. The first-order valence-corrected chi connectivity index (χ1v) is 7.89. The van der Waals surface area contributed by atoms with Crippen LogP contribution in [0.15, 0.2) is 24.3 Å². The fourth-order valence-electron chi connectivity index (χ4n) is 2.47. The van der Waals surface area contributed by atoms with Crippen LogP contribution in [0.25, 0.3) is 0 Å². The first-order valence-electron chi connectivity index (χ1n) is 7.89. The van der Waals surface area contributed by atoms with Gasteiger partial charge in [0.2, 0.25) is 0 Å². The van der Waals surface area contributed by atoms with Crippen molar-refractivity contribution in [3.8, 4) is 0 Å². The summed E-state index contributed by atoms with van der Waals surface area (Å²) >= 11 is 0. The van der Waals surface area contributed by atoms with E-state index in [9.17, 15) is 0 Å². The van der Waals surface area contributed by atoms with E-state index in [2.05, 4.69) is 52.3 Å². The van der Waals surface area contributed by atoms with E-state index in [0.717, 1.165) is 11.0 Å². The van der Waals surface area contributed by atoms with Crippen LogP contribution in [0.3, 0.4) is 0 Å². The predicted molar refractivity (Wildman–Crippen MR) is 85.3 cm³/mol. The van der Waals surface area contributed by atoms with Gasteiger partial charge in [-0.1, -0.05) is 63.3 Å². The molecule has 0 heterocycles. The molecule has 0 saturated carbocycles. The number of benzene rings is 1.